The largest absolute Gasteiger partial charge is 0.417 e. The third kappa shape index (κ3) is 5.07. The topological polar surface area (TPSA) is 66.5 Å². The first-order valence-electron chi connectivity index (χ1n) is 8.85. The summed E-state index contributed by atoms with van der Waals surface area (Å²) in [4.78, 5) is 14.3. The van der Waals surface area contributed by atoms with Gasteiger partial charge in [0.2, 0.25) is 5.91 Å². The summed E-state index contributed by atoms with van der Waals surface area (Å²) < 4.78 is 62.8. The molecule has 2 unspecified atom stereocenters. The lowest BCUT2D eigenvalue weighted by Gasteiger charge is -2.28. The first kappa shape index (κ1) is 21.1. The summed E-state index contributed by atoms with van der Waals surface area (Å²) in [6.45, 7) is 1.60. The average molecular weight is 437 g/mol. The molecule has 1 N–H and O–H groups in total. The number of nitrogens with zero attached hydrogens (tertiary/aromatic N) is 1. The molecule has 0 spiro atoms. The molecule has 2 aliphatic heterocycles. The van der Waals surface area contributed by atoms with E-state index in [-0.39, 0.29) is 23.1 Å². The number of carbonyl (C=O) groups excluding carboxylic acids is 1. The molecule has 3 rings (SSSR count). The minimum absolute atomic E-state index is 0.00773. The van der Waals surface area contributed by atoms with Gasteiger partial charge >= 0.3 is 6.18 Å². The second-order valence-electron chi connectivity index (χ2n) is 7.07. The maximum Gasteiger partial charge on any atom is 0.417 e. The van der Waals surface area contributed by atoms with E-state index in [0.29, 0.717) is 0 Å². The van der Waals surface area contributed by atoms with E-state index < -0.39 is 38.5 Å². The molecule has 1 amide bonds. The van der Waals surface area contributed by atoms with Gasteiger partial charge in [0.25, 0.3) is 0 Å². The van der Waals surface area contributed by atoms with E-state index in [1.165, 1.54) is 12.1 Å². The van der Waals surface area contributed by atoms with Gasteiger partial charge in [-0.1, -0.05) is 17.7 Å². The Bertz CT molecular complexity index is 881. The Morgan fingerprint density at radius 3 is 2.54 bits per heavy atom. The molecule has 154 valence electrons. The average Bonchev–Trinajstić information content (AvgIpc) is 3.20. The molecule has 2 atom stereocenters. The van der Waals surface area contributed by atoms with E-state index in [9.17, 15) is 26.4 Å². The highest BCUT2D eigenvalue weighted by atomic mass is 35.5. The molecule has 0 saturated carbocycles. The minimum atomic E-state index is -4.59. The maximum atomic E-state index is 12.9. The van der Waals surface area contributed by atoms with Crippen molar-refractivity contribution in [2.45, 2.75) is 31.1 Å². The van der Waals surface area contributed by atoms with Gasteiger partial charge in [-0.3, -0.25) is 9.69 Å². The van der Waals surface area contributed by atoms with Crippen molar-refractivity contribution in [3.05, 3.63) is 40.4 Å². The molecule has 1 aromatic carbocycles. The van der Waals surface area contributed by atoms with Crippen LogP contribution in [-0.2, 0) is 20.8 Å². The van der Waals surface area contributed by atoms with E-state index in [2.05, 4.69) is 10.2 Å². The first-order valence-corrected chi connectivity index (χ1v) is 11.0. The molecule has 2 heterocycles. The Morgan fingerprint density at radius 1 is 1.21 bits per heavy atom. The molecule has 1 aromatic rings. The van der Waals surface area contributed by atoms with Gasteiger partial charge in [-0.2, -0.15) is 13.2 Å². The standard InChI is InChI=1S/C18H20ClF3N2O3S/c19-14-5-3-12(9-13(14)18(20,21)22)4-6-17(25)23-15-10-28(26,27)11-16(15)24-7-1-2-8-24/h3-6,9,15-16H,1-2,7-8,10-11H2,(H,23,25)/b6-4+. The summed E-state index contributed by atoms with van der Waals surface area (Å²) in [6.07, 6.45) is -0.251. The molecule has 10 heteroatoms. The molecule has 0 aliphatic carbocycles. The number of rotatable bonds is 4. The van der Waals surface area contributed by atoms with Crippen LogP contribution < -0.4 is 5.32 Å². The van der Waals surface area contributed by atoms with E-state index in [4.69, 9.17) is 11.6 Å². The summed E-state index contributed by atoms with van der Waals surface area (Å²) in [5, 5.41) is 2.28. The van der Waals surface area contributed by atoms with Gasteiger partial charge in [-0.25, -0.2) is 8.42 Å². The fourth-order valence-electron chi connectivity index (χ4n) is 3.67. The van der Waals surface area contributed by atoms with Crippen molar-refractivity contribution in [1.82, 2.24) is 10.2 Å². The van der Waals surface area contributed by atoms with Gasteiger partial charge in [-0.05, 0) is 49.7 Å². The lowest BCUT2D eigenvalue weighted by molar-refractivity contribution is -0.137. The fraction of sp³-hybridized carbons (Fsp3) is 0.500. The maximum absolute atomic E-state index is 12.9. The van der Waals surface area contributed by atoms with Crippen LogP contribution in [0.25, 0.3) is 6.08 Å². The molecule has 2 aliphatic rings. The number of hydrogen-bond acceptors (Lipinski definition) is 4. The molecule has 2 saturated heterocycles. The lowest BCUT2D eigenvalue weighted by Crippen LogP contribution is -2.49. The predicted octanol–water partition coefficient (Wildman–Crippen LogP) is 2.75. The minimum Gasteiger partial charge on any atom is -0.347 e. The van der Waals surface area contributed by atoms with Gasteiger partial charge in [0.15, 0.2) is 9.84 Å². The summed E-state index contributed by atoms with van der Waals surface area (Å²) in [5.41, 5.74) is -0.810. The number of halogens is 4. The third-order valence-corrected chi connectivity index (χ3v) is 7.03. The molecular weight excluding hydrogens is 417 g/mol. The van der Waals surface area contributed by atoms with Crippen LogP contribution in [0.2, 0.25) is 5.02 Å². The van der Waals surface area contributed by atoms with Crippen molar-refractivity contribution < 1.29 is 26.4 Å². The normalized spacial score (nSPS) is 25.4. The zero-order valence-electron chi connectivity index (χ0n) is 14.9. The van der Waals surface area contributed by atoms with E-state index in [0.717, 1.165) is 44.1 Å². The second kappa shape index (κ2) is 8.04. The van der Waals surface area contributed by atoms with Crippen LogP contribution in [0, 0.1) is 0 Å². The fourth-order valence-corrected chi connectivity index (χ4v) is 5.84. The number of alkyl halides is 3. The smallest absolute Gasteiger partial charge is 0.347 e. The Labute approximate surface area is 166 Å². The van der Waals surface area contributed by atoms with E-state index in [1.807, 2.05) is 0 Å². The number of nitrogens with one attached hydrogen (secondary N) is 1. The number of sulfone groups is 1. The van der Waals surface area contributed by atoms with Crippen LogP contribution in [0.5, 0.6) is 0 Å². The number of likely N-dealkylation sites (tertiary alicyclic amines) is 1. The predicted molar refractivity (Wildman–Crippen MR) is 101 cm³/mol. The van der Waals surface area contributed by atoms with Gasteiger partial charge in [0.05, 0.1) is 28.1 Å². The van der Waals surface area contributed by atoms with Crippen molar-refractivity contribution in [3.8, 4) is 0 Å². The molecule has 5 nitrogen and oxygen atoms in total. The van der Waals surface area contributed by atoms with Crippen LogP contribution in [0.1, 0.15) is 24.0 Å². The van der Waals surface area contributed by atoms with Gasteiger partial charge in [-0.15, -0.1) is 0 Å². The summed E-state index contributed by atoms with van der Waals surface area (Å²) in [7, 11) is -3.24. The zero-order valence-corrected chi connectivity index (χ0v) is 16.4. The van der Waals surface area contributed by atoms with Crippen molar-refractivity contribution in [2.24, 2.45) is 0 Å². The highest BCUT2D eigenvalue weighted by Crippen LogP contribution is 2.35. The van der Waals surface area contributed by atoms with Crippen LogP contribution in [0.3, 0.4) is 0 Å². The quantitative estimate of drug-likeness (QED) is 0.737. The second-order valence-corrected chi connectivity index (χ2v) is 9.63. The number of amides is 1. The first-order chi connectivity index (χ1) is 13.0. The van der Waals surface area contributed by atoms with Crippen molar-refractivity contribution >= 4 is 33.4 Å². The Balaban J connectivity index is 1.69. The van der Waals surface area contributed by atoms with Crippen molar-refractivity contribution in [3.63, 3.8) is 0 Å². The van der Waals surface area contributed by atoms with Crippen molar-refractivity contribution in [1.29, 1.82) is 0 Å². The van der Waals surface area contributed by atoms with Crippen LogP contribution in [-0.4, -0.2) is 55.9 Å². The number of carbonyl (C=O) groups is 1. The van der Waals surface area contributed by atoms with Gasteiger partial charge in [0.1, 0.15) is 0 Å². The SMILES string of the molecule is O=C(/C=C/c1ccc(Cl)c(C(F)(F)F)c1)NC1CS(=O)(=O)CC1N1CCCC1. The molecular formula is C18H20ClF3N2O3S. The Kier molecular flexibility index (Phi) is 6.07. The number of hydrogen-bond donors (Lipinski definition) is 1. The van der Waals surface area contributed by atoms with E-state index in [1.54, 1.807) is 0 Å². The van der Waals surface area contributed by atoms with Crippen LogP contribution in [0.4, 0.5) is 13.2 Å². The summed E-state index contributed by atoms with van der Waals surface area (Å²) in [5.74, 6) is -0.671. The van der Waals surface area contributed by atoms with Gasteiger partial charge in [0, 0.05) is 12.1 Å². The molecule has 0 bridgehead atoms. The highest BCUT2D eigenvalue weighted by molar-refractivity contribution is 7.91. The molecule has 2 fully saturated rings. The Hall–Kier alpha value is -1.58. The molecule has 28 heavy (non-hydrogen) atoms. The number of benzene rings is 1. The summed E-state index contributed by atoms with van der Waals surface area (Å²) in [6, 6.07) is 2.55. The van der Waals surface area contributed by atoms with E-state index >= 15 is 0 Å². The molecule has 0 aromatic heterocycles. The van der Waals surface area contributed by atoms with Crippen LogP contribution in [0.15, 0.2) is 24.3 Å². The lowest BCUT2D eigenvalue weighted by atomic mass is 10.1. The van der Waals surface area contributed by atoms with Gasteiger partial charge < -0.3 is 5.32 Å². The van der Waals surface area contributed by atoms with Crippen LogP contribution >= 0.6 is 11.6 Å². The highest BCUT2D eigenvalue weighted by Gasteiger charge is 2.42. The monoisotopic (exact) mass is 436 g/mol. The third-order valence-electron chi connectivity index (χ3n) is 4.98. The summed E-state index contributed by atoms with van der Waals surface area (Å²) >= 11 is 5.58. The van der Waals surface area contributed by atoms with Crippen molar-refractivity contribution in [2.75, 3.05) is 24.6 Å². The zero-order chi connectivity index (χ0) is 20.5. The molecule has 0 radical (unpaired) electrons. The Morgan fingerprint density at radius 2 is 1.89 bits per heavy atom.